The molecular weight excluding hydrogens is 448 g/mol. The summed E-state index contributed by atoms with van der Waals surface area (Å²) in [6, 6.07) is 21.3. The topological polar surface area (TPSA) is 75.7 Å². The van der Waals surface area contributed by atoms with E-state index in [0.29, 0.717) is 24.6 Å². The van der Waals surface area contributed by atoms with Crippen molar-refractivity contribution in [2.45, 2.75) is 39.3 Å². The number of rotatable bonds is 13. The molecule has 7 heteroatoms. The summed E-state index contributed by atoms with van der Waals surface area (Å²) in [5.74, 6) is 0.505. The van der Waals surface area contributed by atoms with E-state index < -0.39 is 0 Å². The number of nitrogens with zero attached hydrogens (tertiary/aromatic N) is 1. The SMILES string of the molecule is CCN(Cc1ccc(OCc2ccccc2)cc1)C(=O)CCNC(=O)CCC(=O)c1cccs1. The van der Waals surface area contributed by atoms with Crippen molar-refractivity contribution in [1.29, 1.82) is 0 Å². The number of carbonyl (C=O) groups is 3. The Kier molecular flexibility index (Phi) is 9.85. The molecule has 0 fully saturated rings. The minimum Gasteiger partial charge on any atom is -0.489 e. The number of amides is 2. The largest absolute Gasteiger partial charge is 0.489 e. The zero-order valence-electron chi connectivity index (χ0n) is 19.4. The number of hydrogen-bond acceptors (Lipinski definition) is 5. The number of hydrogen-bond donors (Lipinski definition) is 1. The normalized spacial score (nSPS) is 10.5. The van der Waals surface area contributed by atoms with E-state index in [-0.39, 0.29) is 43.4 Å². The predicted octanol–water partition coefficient (Wildman–Crippen LogP) is 4.85. The zero-order valence-corrected chi connectivity index (χ0v) is 20.2. The molecule has 1 heterocycles. The van der Waals surface area contributed by atoms with E-state index in [1.54, 1.807) is 11.0 Å². The van der Waals surface area contributed by atoms with Gasteiger partial charge in [-0.15, -0.1) is 11.3 Å². The second-order valence-corrected chi connectivity index (χ2v) is 8.77. The summed E-state index contributed by atoms with van der Waals surface area (Å²) in [4.78, 5) is 39.0. The molecule has 0 spiro atoms. The highest BCUT2D eigenvalue weighted by atomic mass is 32.1. The number of Topliss-reactive ketones (excluding diaryl/α,β-unsaturated/α-hetero) is 1. The fourth-order valence-electron chi connectivity index (χ4n) is 3.37. The summed E-state index contributed by atoms with van der Waals surface area (Å²) in [7, 11) is 0. The van der Waals surface area contributed by atoms with E-state index in [0.717, 1.165) is 16.9 Å². The van der Waals surface area contributed by atoms with E-state index in [1.165, 1.54) is 11.3 Å². The van der Waals surface area contributed by atoms with Crippen molar-refractivity contribution in [2.24, 2.45) is 0 Å². The van der Waals surface area contributed by atoms with Crippen LogP contribution in [0.3, 0.4) is 0 Å². The van der Waals surface area contributed by atoms with Crippen molar-refractivity contribution >= 4 is 28.9 Å². The molecule has 0 aliphatic rings. The Balaban J connectivity index is 1.37. The first-order chi connectivity index (χ1) is 16.5. The summed E-state index contributed by atoms with van der Waals surface area (Å²) in [5, 5.41) is 4.58. The van der Waals surface area contributed by atoms with Gasteiger partial charge in [0, 0.05) is 38.9 Å². The Hall–Kier alpha value is -3.45. The third-order valence-corrected chi connectivity index (χ3v) is 6.23. The second kappa shape index (κ2) is 13.3. The number of carbonyl (C=O) groups excluding carboxylic acids is 3. The van der Waals surface area contributed by atoms with E-state index in [2.05, 4.69) is 5.32 Å². The maximum atomic E-state index is 12.6. The highest BCUT2D eigenvalue weighted by Crippen LogP contribution is 2.16. The molecule has 3 rings (SSSR count). The molecule has 0 radical (unpaired) electrons. The maximum Gasteiger partial charge on any atom is 0.224 e. The molecule has 2 aromatic carbocycles. The Labute approximate surface area is 204 Å². The lowest BCUT2D eigenvalue weighted by Crippen LogP contribution is -2.34. The molecule has 178 valence electrons. The zero-order chi connectivity index (χ0) is 24.2. The Morgan fingerprint density at radius 3 is 2.32 bits per heavy atom. The number of thiophene rings is 1. The number of ketones is 1. The first-order valence-electron chi connectivity index (χ1n) is 11.4. The van der Waals surface area contributed by atoms with Gasteiger partial charge < -0.3 is 15.0 Å². The van der Waals surface area contributed by atoms with E-state index in [9.17, 15) is 14.4 Å². The highest BCUT2D eigenvalue weighted by molar-refractivity contribution is 7.12. The Bertz CT molecular complexity index is 1050. The summed E-state index contributed by atoms with van der Waals surface area (Å²) in [5.41, 5.74) is 2.12. The van der Waals surface area contributed by atoms with Gasteiger partial charge in [0.15, 0.2) is 5.78 Å². The molecule has 0 atom stereocenters. The van der Waals surface area contributed by atoms with Crippen LogP contribution in [-0.4, -0.2) is 35.6 Å². The van der Waals surface area contributed by atoms with Gasteiger partial charge in [0.2, 0.25) is 11.8 Å². The van der Waals surface area contributed by atoms with Gasteiger partial charge in [-0.1, -0.05) is 48.5 Å². The number of nitrogens with one attached hydrogen (secondary N) is 1. The van der Waals surface area contributed by atoms with Crippen LogP contribution in [0.2, 0.25) is 0 Å². The fourth-order valence-corrected chi connectivity index (χ4v) is 4.07. The van der Waals surface area contributed by atoms with Gasteiger partial charge >= 0.3 is 0 Å². The third-order valence-electron chi connectivity index (χ3n) is 5.32. The van der Waals surface area contributed by atoms with Crippen LogP contribution in [-0.2, 0) is 22.7 Å². The van der Waals surface area contributed by atoms with Crippen molar-refractivity contribution in [3.63, 3.8) is 0 Å². The first-order valence-corrected chi connectivity index (χ1v) is 12.3. The van der Waals surface area contributed by atoms with Crippen LogP contribution in [0, 0.1) is 0 Å². The number of ether oxygens (including phenoxy) is 1. The van der Waals surface area contributed by atoms with Gasteiger partial charge in [0.25, 0.3) is 0 Å². The van der Waals surface area contributed by atoms with Crippen LogP contribution in [0.1, 0.15) is 47.0 Å². The number of benzene rings is 2. The Morgan fingerprint density at radius 1 is 0.882 bits per heavy atom. The van der Waals surface area contributed by atoms with Crippen molar-refractivity contribution in [1.82, 2.24) is 10.2 Å². The minimum atomic E-state index is -0.216. The van der Waals surface area contributed by atoms with Crippen LogP contribution in [0.25, 0.3) is 0 Å². The quantitative estimate of drug-likeness (QED) is 0.357. The lowest BCUT2D eigenvalue weighted by atomic mass is 10.2. The van der Waals surface area contributed by atoms with Gasteiger partial charge in [-0.2, -0.15) is 0 Å². The summed E-state index contributed by atoms with van der Waals surface area (Å²) in [6.07, 6.45) is 0.518. The molecule has 0 saturated heterocycles. The summed E-state index contributed by atoms with van der Waals surface area (Å²) >= 11 is 1.37. The van der Waals surface area contributed by atoms with Crippen molar-refractivity contribution in [3.05, 3.63) is 88.1 Å². The minimum absolute atomic E-state index is 0.0260. The molecule has 0 unspecified atom stereocenters. The standard InChI is InChI=1S/C27H30N2O4S/c1-2-29(19-21-10-12-23(13-11-21)33-20-22-7-4-3-5-8-22)27(32)16-17-28-26(31)15-14-24(30)25-9-6-18-34-25/h3-13,18H,2,14-17,19-20H2,1H3,(H,28,31). The van der Waals surface area contributed by atoms with Crippen LogP contribution in [0.15, 0.2) is 72.1 Å². The van der Waals surface area contributed by atoms with E-state index >= 15 is 0 Å². The summed E-state index contributed by atoms with van der Waals surface area (Å²) in [6.45, 7) is 3.78. The van der Waals surface area contributed by atoms with Gasteiger partial charge in [-0.25, -0.2) is 0 Å². The van der Waals surface area contributed by atoms with Crippen molar-refractivity contribution < 1.29 is 19.1 Å². The average molecular weight is 479 g/mol. The molecule has 2 amide bonds. The molecule has 3 aromatic rings. The van der Waals surface area contributed by atoms with Crippen LogP contribution in [0.4, 0.5) is 0 Å². The molecule has 1 N–H and O–H groups in total. The lowest BCUT2D eigenvalue weighted by molar-refractivity contribution is -0.131. The molecule has 1 aromatic heterocycles. The van der Waals surface area contributed by atoms with Crippen LogP contribution in [0.5, 0.6) is 5.75 Å². The van der Waals surface area contributed by atoms with E-state index in [1.807, 2.05) is 73.0 Å². The summed E-state index contributed by atoms with van der Waals surface area (Å²) < 4.78 is 5.82. The highest BCUT2D eigenvalue weighted by Gasteiger charge is 2.14. The van der Waals surface area contributed by atoms with Gasteiger partial charge in [0.1, 0.15) is 12.4 Å². The first kappa shape index (κ1) is 25.2. The van der Waals surface area contributed by atoms with Crippen molar-refractivity contribution in [3.8, 4) is 5.75 Å². The molecular formula is C27H30N2O4S. The fraction of sp³-hybridized carbons (Fsp3) is 0.296. The smallest absolute Gasteiger partial charge is 0.224 e. The molecule has 0 bridgehead atoms. The maximum absolute atomic E-state index is 12.6. The average Bonchev–Trinajstić information content (AvgIpc) is 3.41. The molecule has 0 aliphatic heterocycles. The Morgan fingerprint density at radius 2 is 1.65 bits per heavy atom. The van der Waals surface area contributed by atoms with E-state index in [4.69, 9.17) is 4.74 Å². The molecule has 0 aliphatic carbocycles. The second-order valence-electron chi connectivity index (χ2n) is 7.83. The van der Waals surface area contributed by atoms with Gasteiger partial charge in [-0.05, 0) is 41.6 Å². The molecule has 34 heavy (non-hydrogen) atoms. The van der Waals surface area contributed by atoms with Gasteiger partial charge in [-0.3, -0.25) is 14.4 Å². The predicted molar refractivity (Wildman–Crippen MR) is 134 cm³/mol. The van der Waals surface area contributed by atoms with Crippen LogP contribution < -0.4 is 10.1 Å². The molecule has 6 nitrogen and oxygen atoms in total. The van der Waals surface area contributed by atoms with Crippen molar-refractivity contribution in [2.75, 3.05) is 13.1 Å². The van der Waals surface area contributed by atoms with Gasteiger partial charge in [0.05, 0.1) is 4.88 Å². The lowest BCUT2D eigenvalue weighted by Gasteiger charge is -2.21. The third kappa shape index (κ3) is 8.15. The monoisotopic (exact) mass is 478 g/mol. The molecule has 0 saturated carbocycles. The van der Waals surface area contributed by atoms with Crippen LogP contribution >= 0.6 is 11.3 Å².